The molecule has 1 saturated carbocycles. The molecule has 3 atom stereocenters. The van der Waals surface area contributed by atoms with Gasteiger partial charge >= 0.3 is 0 Å². The molecule has 3 unspecified atom stereocenters. The molecule has 3 fully saturated rings. The number of fused-ring (bicyclic) bond motifs is 2. The van der Waals surface area contributed by atoms with Crippen molar-refractivity contribution in [1.29, 1.82) is 0 Å². The van der Waals surface area contributed by atoms with Gasteiger partial charge in [0.2, 0.25) is 5.95 Å². The summed E-state index contributed by atoms with van der Waals surface area (Å²) in [6.45, 7) is 3.90. The molecule has 1 aliphatic carbocycles. The second kappa shape index (κ2) is 9.06. The van der Waals surface area contributed by atoms with Gasteiger partial charge in [-0.15, -0.1) is 11.3 Å². The monoisotopic (exact) mass is 464 g/mol. The first-order valence-corrected chi connectivity index (χ1v) is 13.3. The van der Waals surface area contributed by atoms with Gasteiger partial charge in [-0.05, 0) is 56.2 Å². The van der Waals surface area contributed by atoms with Crippen LogP contribution in [0, 0.1) is 11.8 Å². The number of hydrogen-bond acceptors (Lipinski definition) is 7. The fourth-order valence-electron chi connectivity index (χ4n) is 5.85. The zero-order valence-electron chi connectivity index (χ0n) is 19.0. The predicted octanol–water partition coefficient (Wildman–Crippen LogP) is 4.23. The number of aromatic nitrogens is 3. The van der Waals surface area contributed by atoms with Gasteiger partial charge in [-0.25, -0.2) is 4.98 Å². The average molecular weight is 465 g/mol. The minimum Gasteiger partial charge on any atom is -0.365 e. The number of nitrogens with zero attached hydrogens (tertiary/aromatic N) is 3. The number of rotatable bonds is 4. The van der Waals surface area contributed by atoms with Crippen LogP contribution in [0.5, 0.6) is 0 Å². The van der Waals surface area contributed by atoms with E-state index in [1.54, 1.807) is 11.3 Å². The van der Waals surface area contributed by atoms with E-state index < -0.39 is 0 Å². The summed E-state index contributed by atoms with van der Waals surface area (Å²) in [7, 11) is 0. The van der Waals surface area contributed by atoms with Crippen LogP contribution in [0.4, 0.5) is 11.8 Å². The Morgan fingerprint density at radius 3 is 2.76 bits per heavy atom. The molecule has 7 nitrogen and oxygen atoms in total. The van der Waals surface area contributed by atoms with Crippen molar-refractivity contribution in [2.75, 3.05) is 36.4 Å². The summed E-state index contributed by atoms with van der Waals surface area (Å²) in [6.07, 6.45) is 8.76. The summed E-state index contributed by atoms with van der Waals surface area (Å²) in [6, 6.07) is 8.31. The van der Waals surface area contributed by atoms with E-state index in [1.165, 1.54) is 32.1 Å². The molecule has 33 heavy (non-hydrogen) atoms. The number of hydrogen-bond donors (Lipinski definition) is 3. The molecule has 3 aromatic rings. The number of piperidine rings is 2. The highest BCUT2D eigenvalue weighted by Gasteiger charge is 2.32. The molecule has 2 aromatic heterocycles. The van der Waals surface area contributed by atoms with Crippen molar-refractivity contribution in [3.8, 4) is 10.6 Å². The van der Waals surface area contributed by atoms with Crippen molar-refractivity contribution in [2.24, 2.45) is 11.8 Å². The molecule has 0 radical (unpaired) electrons. The smallest absolute Gasteiger partial charge is 0.264 e. The van der Waals surface area contributed by atoms with Crippen LogP contribution in [0.1, 0.15) is 44.9 Å². The number of H-pyrrole nitrogens is 1. The fraction of sp³-hybridized carbons (Fsp3) is 0.560. The lowest BCUT2D eigenvalue weighted by atomic mass is 9.75. The maximum absolute atomic E-state index is 13.5. The number of aromatic amines is 1. The third-order valence-corrected chi connectivity index (χ3v) is 8.70. The Balaban J connectivity index is 1.37. The molecule has 4 heterocycles. The number of para-hydroxylation sites is 1. The van der Waals surface area contributed by atoms with E-state index >= 15 is 0 Å². The van der Waals surface area contributed by atoms with Crippen LogP contribution in [0.15, 0.2) is 29.1 Å². The molecule has 6 rings (SSSR count). The first-order chi connectivity index (χ1) is 16.2. The summed E-state index contributed by atoms with van der Waals surface area (Å²) in [5.74, 6) is 2.95. The number of benzene rings is 1. The van der Waals surface area contributed by atoms with E-state index in [1.807, 2.05) is 18.2 Å². The minimum atomic E-state index is -0.101. The highest BCUT2D eigenvalue weighted by Crippen LogP contribution is 2.38. The van der Waals surface area contributed by atoms with Crippen molar-refractivity contribution in [2.45, 2.75) is 51.0 Å². The van der Waals surface area contributed by atoms with Crippen LogP contribution in [-0.2, 0) is 0 Å². The van der Waals surface area contributed by atoms with E-state index in [-0.39, 0.29) is 11.6 Å². The fourth-order valence-corrected chi connectivity index (χ4v) is 6.86. The molecular weight excluding hydrogens is 432 g/mol. The van der Waals surface area contributed by atoms with Crippen LogP contribution >= 0.6 is 11.3 Å². The number of nitrogens with one attached hydrogen (secondary N) is 3. The Morgan fingerprint density at radius 1 is 1.03 bits per heavy atom. The van der Waals surface area contributed by atoms with E-state index in [9.17, 15) is 4.79 Å². The molecule has 174 valence electrons. The molecule has 0 bridgehead atoms. The van der Waals surface area contributed by atoms with Crippen molar-refractivity contribution >= 4 is 33.3 Å². The lowest BCUT2D eigenvalue weighted by Gasteiger charge is -2.41. The zero-order valence-corrected chi connectivity index (χ0v) is 19.8. The van der Waals surface area contributed by atoms with Crippen molar-refractivity contribution < 1.29 is 0 Å². The van der Waals surface area contributed by atoms with Crippen LogP contribution in [-0.4, -0.2) is 47.2 Å². The summed E-state index contributed by atoms with van der Waals surface area (Å²) < 4.78 is 1.08. The number of thiazole rings is 1. The van der Waals surface area contributed by atoms with Crippen molar-refractivity contribution in [1.82, 2.24) is 20.3 Å². The van der Waals surface area contributed by atoms with Gasteiger partial charge in [0, 0.05) is 25.7 Å². The third-order valence-electron chi connectivity index (χ3n) is 7.64. The molecule has 0 spiro atoms. The molecule has 2 aliphatic heterocycles. The van der Waals surface area contributed by atoms with E-state index in [4.69, 9.17) is 9.97 Å². The molecule has 8 heteroatoms. The standard InChI is InChI=1S/C25H32N6OS/c32-23-21(24-28-19-9-3-4-10-20(19)33-24)22(27-18-8-5-12-26-14-18)29-25(30-23)31-13-11-16-6-1-2-7-17(16)15-31/h3-4,9-10,16-18,26H,1-2,5-8,11-15H2,(H2,27,29,30,32). The second-order valence-electron chi connectivity index (χ2n) is 9.83. The molecule has 3 N–H and O–H groups in total. The normalized spacial score (nSPS) is 25.7. The largest absolute Gasteiger partial charge is 0.365 e. The Kier molecular flexibility index (Phi) is 5.80. The summed E-state index contributed by atoms with van der Waals surface area (Å²) in [5, 5.41) is 7.81. The zero-order chi connectivity index (χ0) is 22.2. The van der Waals surface area contributed by atoms with Gasteiger partial charge < -0.3 is 15.5 Å². The lowest BCUT2D eigenvalue weighted by Crippen LogP contribution is -2.43. The van der Waals surface area contributed by atoms with E-state index in [0.717, 1.165) is 66.1 Å². The van der Waals surface area contributed by atoms with Gasteiger partial charge in [-0.2, -0.15) is 4.98 Å². The van der Waals surface area contributed by atoms with Crippen molar-refractivity contribution in [3.05, 3.63) is 34.6 Å². The van der Waals surface area contributed by atoms with Gasteiger partial charge in [0.15, 0.2) is 0 Å². The quantitative estimate of drug-likeness (QED) is 0.536. The molecular formula is C25H32N6OS. The first-order valence-electron chi connectivity index (χ1n) is 12.5. The van der Waals surface area contributed by atoms with E-state index in [0.29, 0.717) is 17.3 Å². The SMILES string of the molecule is O=c1[nH]c(N2CCC3CCCCC3C2)nc(NC2CCCNC2)c1-c1nc2ccccc2s1. The molecule has 0 amide bonds. The Bertz CT molecular complexity index is 1150. The van der Waals surface area contributed by atoms with Gasteiger partial charge in [0.05, 0.1) is 10.2 Å². The topological polar surface area (TPSA) is 85.9 Å². The van der Waals surface area contributed by atoms with Crippen LogP contribution in [0.25, 0.3) is 20.8 Å². The Hall–Kier alpha value is -2.45. The van der Waals surface area contributed by atoms with E-state index in [2.05, 4.69) is 26.6 Å². The van der Waals surface area contributed by atoms with Crippen LogP contribution < -0.4 is 21.1 Å². The van der Waals surface area contributed by atoms with Gasteiger partial charge in [0.25, 0.3) is 5.56 Å². The minimum absolute atomic E-state index is 0.101. The third kappa shape index (κ3) is 4.26. The maximum atomic E-state index is 13.5. The highest BCUT2D eigenvalue weighted by molar-refractivity contribution is 7.21. The van der Waals surface area contributed by atoms with Crippen LogP contribution in [0.3, 0.4) is 0 Å². The van der Waals surface area contributed by atoms with Gasteiger partial charge in [-0.3, -0.25) is 9.78 Å². The van der Waals surface area contributed by atoms with Crippen LogP contribution in [0.2, 0.25) is 0 Å². The predicted molar refractivity (Wildman–Crippen MR) is 135 cm³/mol. The Labute approximate surface area is 198 Å². The van der Waals surface area contributed by atoms with Gasteiger partial charge in [0.1, 0.15) is 16.4 Å². The summed E-state index contributed by atoms with van der Waals surface area (Å²) in [5.41, 5.74) is 1.39. The number of anilines is 2. The summed E-state index contributed by atoms with van der Waals surface area (Å²) >= 11 is 1.56. The summed E-state index contributed by atoms with van der Waals surface area (Å²) in [4.78, 5) is 28.7. The molecule has 2 saturated heterocycles. The lowest BCUT2D eigenvalue weighted by molar-refractivity contribution is 0.201. The Morgan fingerprint density at radius 2 is 1.91 bits per heavy atom. The van der Waals surface area contributed by atoms with Crippen molar-refractivity contribution in [3.63, 3.8) is 0 Å². The molecule has 3 aliphatic rings. The first kappa shape index (κ1) is 21.1. The average Bonchev–Trinajstić information content (AvgIpc) is 3.28. The van der Waals surface area contributed by atoms with Gasteiger partial charge in [-0.1, -0.05) is 31.4 Å². The highest BCUT2D eigenvalue weighted by atomic mass is 32.1. The molecule has 1 aromatic carbocycles. The maximum Gasteiger partial charge on any atom is 0.264 e. The second-order valence-corrected chi connectivity index (χ2v) is 10.9.